The van der Waals surface area contributed by atoms with Crippen molar-refractivity contribution in [2.45, 2.75) is 12.0 Å². The second-order valence-corrected chi connectivity index (χ2v) is 7.93. The summed E-state index contributed by atoms with van der Waals surface area (Å²) in [5.74, 6) is -0.859. The molecule has 0 fully saturated rings. The van der Waals surface area contributed by atoms with Gasteiger partial charge in [-0.15, -0.1) is 0 Å². The zero-order valence-corrected chi connectivity index (χ0v) is 17.6. The third kappa shape index (κ3) is 3.19. The van der Waals surface area contributed by atoms with Crippen LogP contribution in [-0.2, 0) is 16.8 Å². The highest BCUT2D eigenvalue weighted by Gasteiger charge is 2.40. The summed E-state index contributed by atoms with van der Waals surface area (Å²) in [6, 6.07) is 39.4. The molecule has 0 amide bonds. The van der Waals surface area contributed by atoms with Crippen molar-refractivity contribution < 1.29 is 9.90 Å². The average Bonchev–Trinajstić information content (AvgIpc) is 3.20. The Bertz CT molecular complexity index is 1260. The van der Waals surface area contributed by atoms with Crippen molar-refractivity contribution in [2.24, 2.45) is 0 Å². The van der Waals surface area contributed by atoms with Gasteiger partial charge in [0.2, 0.25) is 0 Å². The van der Waals surface area contributed by atoms with Crippen LogP contribution in [0.4, 0.5) is 0 Å². The first-order chi connectivity index (χ1) is 15.7. The highest BCUT2D eigenvalue weighted by atomic mass is 16.4. The van der Waals surface area contributed by atoms with E-state index >= 15 is 0 Å². The second kappa shape index (κ2) is 8.20. The van der Waals surface area contributed by atoms with Gasteiger partial charge in [0.25, 0.3) is 0 Å². The largest absolute Gasteiger partial charge is 0.480 e. The van der Waals surface area contributed by atoms with Crippen molar-refractivity contribution in [3.05, 3.63) is 144 Å². The molecular weight excluding hydrogens is 394 g/mol. The zero-order valence-electron chi connectivity index (χ0n) is 17.6. The lowest BCUT2D eigenvalue weighted by Gasteiger charge is -2.36. The first kappa shape index (κ1) is 19.8. The van der Waals surface area contributed by atoms with Crippen LogP contribution in [0.1, 0.15) is 22.3 Å². The monoisotopic (exact) mass is 417 g/mol. The minimum Gasteiger partial charge on any atom is -0.480 e. The standard InChI is InChI=1S/C29H23NO2/c31-28(32)21-30-20-26(25-18-10-11-19-27(25)30)29(22-12-4-1-5-13-22,23-14-6-2-7-15-23)24-16-8-3-9-17-24/h1-20H,21H2,(H,31,32). The number of nitrogens with zero attached hydrogens (tertiary/aromatic N) is 1. The number of carboxylic acid groups (broad SMARTS) is 1. The lowest BCUT2D eigenvalue weighted by Crippen LogP contribution is -2.30. The van der Waals surface area contributed by atoms with Crippen molar-refractivity contribution in [3.8, 4) is 0 Å². The Morgan fingerprint density at radius 1 is 0.656 bits per heavy atom. The van der Waals surface area contributed by atoms with Crippen LogP contribution in [0, 0.1) is 0 Å². The normalized spacial score (nSPS) is 11.5. The summed E-state index contributed by atoms with van der Waals surface area (Å²) in [6.07, 6.45) is 2.02. The van der Waals surface area contributed by atoms with Crippen LogP contribution in [-0.4, -0.2) is 15.6 Å². The molecule has 1 aromatic heterocycles. The smallest absolute Gasteiger partial charge is 0.323 e. The quantitative estimate of drug-likeness (QED) is 0.339. The van der Waals surface area contributed by atoms with Crippen molar-refractivity contribution >= 4 is 16.9 Å². The molecule has 0 bridgehead atoms. The predicted molar refractivity (Wildman–Crippen MR) is 128 cm³/mol. The van der Waals surface area contributed by atoms with Gasteiger partial charge in [-0.2, -0.15) is 0 Å². The van der Waals surface area contributed by atoms with E-state index in [0.29, 0.717) is 0 Å². The molecule has 4 aromatic carbocycles. The molecule has 0 unspecified atom stereocenters. The molecule has 0 aliphatic rings. The summed E-state index contributed by atoms with van der Waals surface area (Å²) in [5, 5.41) is 10.6. The van der Waals surface area contributed by atoms with Crippen molar-refractivity contribution in [1.29, 1.82) is 0 Å². The van der Waals surface area contributed by atoms with Gasteiger partial charge >= 0.3 is 5.97 Å². The molecule has 5 aromatic rings. The molecule has 5 rings (SSSR count). The Morgan fingerprint density at radius 3 is 1.56 bits per heavy atom. The molecule has 1 N–H and O–H groups in total. The van der Waals surface area contributed by atoms with E-state index in [9.17, 15) is 9.90 Å². The van der Waals surface area contributed by atoms with Crippen molar-refractivity contribution in [3.63, 3.8) is 0 Å². The van der Waals surface area contributed by atoms with E-state index in [-0.39, 0.29) is 6.54 Å². The highest BCUT2D eigenvalue weighted by molar-refractivity contribution is 5.89. The van der Waals surface area contributed by atoms with Crippen molar-refractivity contribution in [1.82, 2.24) is 4.57 Å². The Labute approximate surface area is 187 Å². The van der Waals surface area contributed by atoms with Crippen LogP contribution in [0.2, 0.25) is 0 Å². The Morgan fingerprint density at radius 2 is 1.09 bits per heavy atom. The molecule has 0 atom stereocenters. The highest BCUT2D eigenvalue weighted by Crippen LogP contribution is 2.47. The molecule has 32 heavy (non-hydrogen) atoms. The summed E-state index contributed by atoms with van der Waals surface area (Å²) < 4.78 is 1.84. The number of carboxylic acids is 1. The predicted octanol–water partition coefficient (Wildman–Crippen LogP) is 6.11. The molecular formula is C29H23NO2. The average molecular weight is 418 g/mol. The molecule has 156 valence electrons. The van der Waals surface area contributed by atoms with Gasteiger partial charge in [-0.05, 0) is 28.3 Å². The first-order valence-corrected chi connectivity index (χ1v) is 10.7. The fourth-order valence-corrected chi connectivity index (χ4v) is 4.85. The fourth-order valence-electron chi connectivity index (χ4n) is 4.85. The van der Waals surface area contributed by atoms with E-state index in [2.05, 4.69) is 78.9 Å². The van der Waals surface area contributed by atoms with E-state index in [1.165, 1.54) is 0 Å². The number of carbonyl (C=O) groups is 1. The third-order valence-electron chi connectivity index (χ3n) is 6.12. The zero-order chi connectivity index (χ0) is 22.0. The number of hydrogen-bond acceptors (Lipinski definition) is 1. The number of para-hydroxylation sites is 1. The minimum atomic E-state index is -0.859. The van der Waals surface area contributed by atoms with E-state index in [1.807, 2.05) is 47.2 Å². The molecule has 0 aliphatic carbocycles. The molecule has 3 heteroatoms. The molecule has 0 saturated heterocycles. The maximum absolute atomic E-state index is 11.7. The Kier molecular flexibility index (Phi) is 5.08. The minimum absolute atomic E-state index is 0.0883. The van der Waals surface area contributed by atoms with Gasteiger partial charge in [-0.25, -0.2) is 0 Å². The Balaban J connectivity index is 1.96. The maximum atomic E-state index is 11.7. The number of benzene rings is 4. The van der Waals surface area contributed by atoms with Crippen LogP contribution in [0.15, 0.2) is 121 Å². The number of rotatable bonds is 6. The van der Waals surface area contributed by atoms with Gasteiger partial charge in [0.05, 0.1) is 5.41 Å². The summed E-state index contributed by atoms with van der Waals surface area (Å²) in [6.45, 7) is -0.0883. The van der Waals surface area contributed by atoms with Crippen LogP contribution in [0.3, 0.4) is 0 Å². The second-order valence-electron chi connectivity index (χ2n) is 7.93. The fraction of sp³-hybridized carbons (Fsp3) is 0.0690. The van der Waals surface area contributed by atoms with Crippen LogP contribution in [0.5, 0.6) is 0 Å². The van der Waals surface area contributed by atoms with Gasteiger partial charge in [-0.1, -0.05) is 109 Å². The molecule has 0 aliphatic heterocycles. The molecule has 0 radical (unpaired) electrons. The Hall–Kier alpha value is -4.11. The van der Waals surface area contributed by atoms with E-state index in [4.69, 9.17) is 0 Å². The number of hydrogen-bond donors (Lipinski definition) is 1. The number of aliphatic carboxylic acids is 1. The van der Waals surface area contributed by atoms with Crippen molar-refractivity contribution in [2.75, 3.05) is 0 Å². The van der Waals surface area contributed by atoms with Gasteiger partial charge in [-0.3, -0.25) is 4.79 Å². The maximum Gasteiger partial charge on any atom is 0.323 e. The van der Waals surface area contributed by atoms with Gasteiger partial charge in [0, 0.05) is 17.1 Å². The van der Waals surface area contributed by atoms with E-state index in [0.717, 1.165) is 33.2 Å². The lowest BCUT2D eigenvalue weighted by atomic mass is 9.65. The number of fused-ring (bicyclic) bond motifs is 1. The molecule has 0 spiro atoms. The SMILES string of the molecule is O=C(O)Cn1cc(C(c2ccccc2)(c2ccccc2)c2ccccc2)c2ccccc21. The number of aromatic nitrogens is 1. The van der Waals surface area contributed by atoms with Gasteiger partial charge < -0.3 is 9.67 Å². The molecule has 3 nitrogen and oxygen atoms in total. The van der Waals surface area contributed by atoms with E-state index < -0.39 is 11.4 Å². The summed E-state index contributed by atoms with van der Waals surface area (Å²) in [7, 11) is 0. The third-order valence-corrected chi connectivity index (χ3v) is 6.12. The first-order valence-electron chi connectivity index (χ1n) is 10.7. The van der Waals surface area contributed by atoms with Gasteiger partial charge in [0.15, 0.2) is 0 Å². The summed E-state index contributed by atoms with van der Waals surface area (Å²) in [5.41, 5.74) is 4.78. The van der Waals surface area contributed by atoms with Crippen LogP contribution in [0.25, 0.3) is 10.9 Å². The summed E-state index contributed by atoms with van der Waals surface area (Å²) >= 11 is 0. The molecule has 0 saturated carbocycles. The van der Waals surface area contributed by atoms with Gasteiger partial charge in [0.1, 0.15) is 6.54 Å². The lowest BCUT2D eigenvalue weighted by molar-refractivity contribution is -0.137. The summed E-state index contributed by atoms with van der Waals surface area (Å²) in [4.78, 5) is 11.7. The topological polar surface area (TPSA) is 42.2 Å². The molecule has 1 heterocycles. The van der Waals surface area contributed by atoms with Crippen LogP contribution < -0.4 is 0 Å². The van der Waals surface area contributed by atoms with E-state index in [1.54, 1.807) is 0 Å². The van der Waals surface area contributed by atoms with Crippen LogP contribution >= 0.6 is 0 Å².